The van der Waals surface area contributed by atoms with Crippen LogP contribution in [0.5, 0.6) is 0 Å². The molecular formula is C22H21N5O2. The molecule has 1 aliphatic heterocycles. The zero-order chi connectivity index (χ0) is 20.1. The summed E-state index contributed by atoms with van der Waals surface area (Å²) < 4.78 is 0. The Kier molecular flexibility index (Phi) is 5.47. The number of pyridine rings is 2. The van der Waals surface area contributed by atoms with Gasteiger partial charge in [0.15, 0.2) is 5.82 Å². The van der Waals surface area contributed by atoms with E-state index < -0.39 is 0 Å². The second-order valence-corrected chi connectivity index (χ2v) is 6.78. The van der Waals surface area contributed by atoms with Crippen LogP contribution in [0.25, 0.3) is 0 Å². The van der Waals surface area contributed by atoms with Crippen molar-refractivity contribution in [1.29, 1.82) is 0 Å². The number of anilines is 2. The third kappa shape index (κ3) is 4.40. The highest BCUT2D eigenvalue weighted by Gasteiger charge is 2.26. The maximum absolute atomic E-state index is 12.6. The number of amides is 2. The summed E-state index contributed by atoms with van der Waals surface area (Å²) in [6, 6.07) is 15.3. The monoisotopic (exact) mass is 387 g/mol. The van der Waals surface area contributed by atoms with Crippen LogP contribution in [-0.4, -0.2) is 34.9 Å². The molecule has 1 aromatic carbocycles. The number of nitrogens with one attached hydrogen (secondary N) is 2. The first kappa shape index (κ1) is 18.6. The van der Waals surface area contributed by atoms with Gasteiger partial charge in [0, 0.05) is 25.1 Å². The van der Waals surface area contributed by atoms with Gasteiger partial charge < -0.3 is 15.5 Å². The molecule has 1 aliphatic rings. The van der Waals surface area contributed by atoms with Gasteiger partial charge in [-0.05, 0) is 29.7 Å². The predicted molar refractivity (Wildman–Crippen MR) is 111 cm³/mol. The zero-order valence-corrected chi connectivity index (χ0v) is 15.8. The molecule has 0 unspecified atom stereocenters. The fraction of sp³-hybridized carbons (Fsp3) is 0.182. The summed E-state index contributed by atoms with van der Waals surface area (Å²) in [7, 11) is 0. The number of hydrogen-bond acceptors (Lipinski definition) is 5. The molecule has 0 bridgehead atoms. The summed E-state index contributed by atoms with van der Waals surface area (Å²) in [6.07, 6.45) is 5.72. The van der Waals surface area contributed by atoms with Gasteiger partial charge in [0.25, 0.3) is 5.91 Å². The van der Waals surface area contributed by atoms with E-state index in [0.29, 0.717) is 36.6 Å². The van der Waals surface area contributed by atoms with Gasteiger partial charge in [-0.1, -0.05) is 36.4 Å². The van der Waals surface area contributed by atoms with Crippen LogP contribution in [0.15, 0.2) is 67.1 Å². The van der Waals surface area contributed by atoms with Crippen molar-refractivity contribution in [2.24, 2.45) is 0 Å². The van der Waals surface area contributed by atoms with Gasteiger partial charge in [0.05, 0.1) is 24.3 Å². The molecule has 0 fully saturated rings. The molecule has 0 atom stereocenters. The quantitative estimate of drug-likeness (QED) is 0.678. The highest BCUT2D eigenvalue weighted by Crippen LogP contribution is 2.29. The minimum absolute atomic E-state index is 0.0581. The van der Waals surface area contributed by atoms with Gasteiger partial charge in [-0.25, -0.2) is 4.98 Å². The Morgan fingerprint density at radius 1 is 1.10 bits per heavy atom. The summed E-state index contributed by atoms with van der Waals surface area (Å²) in [5.41, 5.74) is 3.11. The van der Waals surface area contributed by atoms with E-state index in [9.17, 15) is 9.59 Å². The van der Waals surface area contributed by atoms with Crippen molar-refractivity contribution < 1.29 is 9.59 Å². The first-order chi connectivity index (χ1) is 14.2. The highest BCUT2D eigenvalue weighted by atomic mass is 16.2. The Morgan fingerprint density at radius 2 is 1.93 bits per heavy atom. The van der Waals surface area contributed by atoms with Crippen LogP contribution in [0.1, 0.15) is 21.5 Å². The number of hydrogen-bond donors (Lipinski definition) is 2. The average molecular weight is 387 g/mol. The fourth-order valence-electron chi connectivity index (χ4n) is 3.22. The number of carbonyl (C=O) groups is 2. The number of aromatic nitrogens is 2. The molecule has 4 rings (SSSR count). The molecule has 3 heterocycles. The van der Waals surface area contributed by atoms with E-state index in [1.807, 2.05) is 42.5 Å². The Bertz CT molecular complexity index is 1010. The van der Waals surface area contributed by atoms with Gasteiger partial charge in [-0.15, -0.1) is 0 Å². The molecule has 2 amide bonds. The Hall–Kier alpha value is -3.74. The molecule has 29 heavy (non-hydrogen) atoms. The summed E-state index contributed by atoms with van der Waals surface area (Å²) >= 11 is 0. The van der Waals surface area contributed by atoms with Crippen molar-refractivity contribution in [3.05, 3.63) is 83.8 Å². The first-order valence-corrected chi connectivity index (χ1v) is 9.46. The van der Waals surface area contributed by atoms with E-state index in [1.165, 1.54) is 6.20 Å². The van der Waals surface area contributed by atoms with Gasteiger partial charge >= 0.3 is 0 Å². The van der Waals surface area contributed by atoms with E-state index in [1.54, 1.807) is 23.4 Å². The molecule has 2 N–H and O–H groups in total. The molecule has 0 radical (unpaired) electrons. The molecule has 0 aliphatic carbocycles. The van der Waals surface area contributed by atoms with Crippen LogP contribution in [-0.2, 0) is 17.8 Å². The minimum Gasteiger partial charge on any atom is -0.359 e. The van der Waals surface area contributed by atoms with Crippen LogP contribution in [0.4, 0.5) is 11.5 Å². The summed E-state index contributed by atoms with van der Waals surface area (Å²) in [6.45, 7) is 1.11. The number of rotatable bonds is 6. The smallest absolute Gasteiger partial charge is 0.252 e. The van der Waals surface area contributed by atoms with Crippen molar-refractivity contribution >= 4 is 23.3 Å². The number of benzene rings is 1. The summed E-state index contributed by atoms with van der Waals surface area (Å²) in [5.74, 6) is 0.326. The van der Waals surface area contributed by atoms with Crippen LogP contribution < -0.4 is 15.5 Å². The number of nitrogens with zero attached hydrogens (tertiary/aromatic N) is 3. The summed E-state index contributed by atoms with van der Waals surface area (Å²) in [5, 5.41) is 5.92. The lowest BCUT2D eigenvalue weighted by Gasteiger charge is -2.29. The molecule has 7 nitrogen and oxygen atoms in total. The lowest BCUT2D eigenvalue weighted by atomic mass is 10.1. The van der Waals surface area contributed by atoms with Crippen LogP contribution >= 0.6 is 0 Å². The van der Waals surface area contributed by atoms with E-state index in [2.05, 4.69) is 20.6 Å². The van der Waals surface area contributed by atoms with Crippen molar-refractivity contribution in [2.45, 2.75) is 13.0 Å². The summed E-state index contributed by atoms with van der Waals surface area (Å²) in [4.78, 5) is 35.2. The van der Waals surface area contributed by atoms with E-state index >= 15 is 0 Å². The third-order valence-corrected chi connectivity index (χ3v) is 4.73. The van der Waals surface area contributed by atoms with Crippen molar-refractivity contribution in [2.75, 3.05) is 23.3 Å². The molecule has 0 saturated heterocycles. The molecule has 2 aromatic heterocycles. The Balaban J connectivity index is 1.48. The Labute approximate surface area is 168 Å². The largest absolute Gasteiger partial charge is 0.359 e. The average Bonchev–Trinajstić information content (AvgIpc) is 2.77. The van der Waals surface area contributed by atoms with Gasteiger partial charge in [-0.3, -0.25) is 14.6 Å². The van der Waals surface area contributed by atoms with Crippen LogP contribution in [0, 0.1) is 0 Å². The second-order valence-electron chi connectivity index (χ2n) is 6.78. The maximum atomic E-state index is 12.6. The SMILES string of the molecule is O=C(NCCc1cccnc1)c1cnc2c(c1)N(Cc1ccccc1)C(=O)CN2. The van der Waals surface area contributed by atoms with E-state index in [4.69, 9.17) is 0 Å². The molecular weight excluding hydrogens is 366 g/mol. The molecule has 7 heteroatoms. The zero-order valence-electron chi connectivity index (χ0n) is 15.8. The number of fused-ring (bicyclic) bond motifs is 1. The lowest BCUT2D eigenvalue weighted by molar-refractivity contribution is -0.117. The molecule has 0 saturated carbocycles. The van der Waals surface area contributed by atoms with Crippen LogP contribution in [0.3, 0.4) is 0 Å². The lowest BCUT2D eigenvalue weighted by Crippen LogP contribution is -2.40. The standard InChI is InChI=1S/C22H21N5O2/c28-20-14-26-21-19(27(20)15-17-5-2-1-3-6-17)11-18(13-25-21)22(29)24-10-8-16-7-4-9-23-12-16/h1-7,9,11-13H,8,10,14-15H2,(H,24,29)(H,25,26). The molecule has 0 spiro atoms. The van der Waals surface area contributed by atoms with Crippen molar-refractivity contribution in [3.63, 3.8) is 0 Å². The van der Waals surface area contributed by atoms with Gasteiger partial charge in [0.1, 0.15) is 0 Å². The predicted octanol–water partition coefficient (Wildman–Crippen LogP) is 2.41. The fourth-order valence-corrected chi connectivity index (χ4v) is 3.22. The number of carbonyl (C=O) groups excluding carboxylic acids is 2. The second kappa shape index (κ2) is 8.52. The topological polar surface area (TPSA) is 87.2 Å². The maximum Gasteiger partial charge on any atom is 0.252 e. The van der Waals surface area contributed by atoms with E-state index in [-0.39, 0.29) is 18.4 Å². The normalized spacial score (nSPS) is 12.8. The van der Waals surface area contributed by atoms with E-state index in [0.717, 1.165) is 11.1 Å². The molecule has 146 valence electrons. The molecule has 3 aromatic rings. The van der Waals surface area contributed by atoms with Gasteiger partial charge in [-0.2, -0.15) is 0 Å². The Morgan fingerprint density at radius 3 is 2.72 bits per heavy atom. The highest BCUT2D eigenvalue weighted by molar-refractivity contribution is 6.04. The minimum atomic E-state index is -0.220. The van der Waals surface area contributed by atoms with Gasteiger partial charge in [0.2, 0.25) is 5.91 Å². The van der Waals surface area contributed by atoms with Crippen LogP contribution in [0.2, 0.25) is 0 Å². The van der Waals surface area contributed by atoms with Crippen molar-refractivity contribution in [1.82, 2.24) is 15.3 Å². The van der Waals surface area contributed by atoms with Crippen molar-refractivity contribution in [3.8, 4) is 0 Å². The first-order valence-electron chi connectivity index (χ1n) is 9.46. The third-order valence-electron chi connectivity index (χ3n) is 4.73.